The van der Waals surface area contributed by atoms with Crippen molar-refractivity contribution >= 4 is 39.3 Å². The lowest BCUT2D eigenvalue weighted by atomic mass is 9.85. The number of aromatic nitrogens is 1. The smallest absolute Gasteiger partial charge is 0.255 e. The van der Waals surface area contributed by atoms with Gasteiger partial charge < -0.3 is 4.90 Å². The first-order chi connectivity index (χ1) is 17.0. The lowest BCUT2D eigenvalue weighted by Gasteiger charge is -2.33. The predicted octanol–water partition coefficient (Wildman–Crippen LogP) is 3.58. The zero-order valence-electron chi connectivity index (χ0n) is 19.1. The summed E-state index contributed by atoms with van der Waals surface area (Å²) in [6, 6.07) is 8.40. The minimum absolute atomic E-state index is 0.161. The number of imide groups is 1. The number of hydrogen-bond acceptors (Lipinski definition) is 6. The van der Waals surface area contributed by atoms with Crippen LogP contribution in [-0.2, 0) is 22.7 Å². The van der Waals surface area contributed by atoms with Crippen molar-refractivity contribution in [2.24, 2.45) is 0 Å². The molecule has 2 saturated heterocycles. The minimum atomic E-state index is -0.693. The van der Waals surface area contributed by atoms with Gasteiger partial charge in [-0.15, -0.1) is 11.3 Å². The van der Waals surface area contributed by atoms with Gasteiger partial charge in [0.1, 0.15) is 16.7 Å². The van der Waals surface area contributed by atoms with E-state index >= 15 is 0 Å². The predicted molar refractivity (Wildman–Crippen MR) is 129 cm³/mol. The van der Waals surface area contributed by atoms with Crippen molar-refractivity contribution in [3.63, 3.8) is 0 Å². The van der Waals surface area contributed by atoms with Crippen LogP contribution in [0.5, 0.6) is 0 Å². The van der Waals surface area contributed by atoms with Gasteiger partial charge in [-0.3, -0.25) is 24.6 Å². The van der Waals surface area contributed by atoms with Gasteiger partial charge in [0.2, 0.25) is 11.8 Å². The molecule has 5 heterocycles. The second-order valence-electron chi connectivity index (χ2n) is 9.58. The van der Waals surface area contributed by atoms with Gasteiger partial charge in [-0.1, -0.05) is 6.07 Å². The summed E-state index contributed by atoms with van der Waals surface area (Å²) in [5, 5.41) is 3.49. The van der Waals surface area contributed by atoms with Crippen molar-refractivity contribution < 1.29 is 18.8 Å². The van der Waals surface area contributed by atoms with E-state index in [-0.39, 0.29) is 30.7 Å². The Kier molecular flexibility index (Phi) is 5.61. The number of carbonyl (C=O) groups excluding carboxylic acids is 3. The monoisotopic (exact) mass is 492 g/mol. The van der Waals surface area contributed by atoms with Gasteiger partial charge in [0.25, 0.3) is 5.91 Å². The number of fused-ring (bicyclic) bond motifs is 2. The zero-order chi connectivity index (χ0) is 24.1. The summed E-state index contributed by atoms with van der Waals surface area (Å²) >= 11 is 1.72. The molecule has 0 aliphatic carbocycles. The van der Waals surface area contributed by atoms with Crippen molar-refractivity contribution in [3.8, 4) is 0 Å². The number of thiophene rings is 1. The molecule has 9 heteroatoms. The standard InChI is InChI=1S/C26H25FN4O3S/c27-17-11-19(21-14-31(26(34)20(21)12-17)22-3-4-23(32)29-24(22)33)15-5-8-30(9-6-15)13-18-10-16-2-1-7-28-25(16)35-18/h1-2,7,10-12,15,22H,3-6,8-9,13-14H2,(H,29,32,33). The Hall–Kier alpha value is -3.17. The van der Waals surface area contributed by atoms with Gasteiger partial charge >= 0.3 is 0 Å². The first-order valence-corrected chi connectivity index (χ1v) is 12.8. The molecule has 1 N–H and O–H groups in total. The lowest BCUT2D eigenvalue weighted by Crippen LogP contribution is -2.52. The van der Waals surface area contributed by atoms with Crippen molar-refractivity contribution in [3.05, 3.63) is 63.9 Å². The quantitative estimate of drug-likeness (QED) is 0.563. The van der Waals surface area contributed by atoms with Crippen LogP contribution < -0.4 is 5.32 Å². The zero-order valence-corrected chi connectivity index (χ0v) is 19.9. The fourth-order valence-corrected chi connectivity index (χ4v) is 6.68. The highest BCUT2D eigenvalue weighted by atomic mass is 32.1. The third-order valence-electron chi connectivity index (χ3n) is 7.41. The molecule has 2 fully saturated rings. The highest BCUT2D eigenvalue weighted by Gasteiger charge is 2.41. The molecule has 2 aromatic heterocycles. The van der Waals surface area contributed by atoms with Gasteiger partial charge in [0.05, 0.1) is 0 Å². The van der Waals surface area contributed by atoms with E-state index in [0.717, 1.165) is 48.4 Å². The summed E-state index contributed by atoms with van der Waals surface area (Å²) in [6.45, 7) is 2.94. The topological polar surface area (TPSA) is 82.6 Å². The molecule has 0 radical (unpaired) electrons. The van der Waals surface area contributed by atoms with Crippen LogP contribution in [0.15, 0.2) is 36.5 Å². The maximum absolute atomic E-state index is 14.6. The molecule has 6 rings (SSSR count). The Morgan fingerprint density at radius 3 is 2.71 bits per heavy atom. The van der Waals surface area contributed by atoms with Crippen LogP contribution in [0.1, 0.15) is 58.0 Å². The Balaban J connectivity index is 1.17. The molecule has 3 amide bonds. The third-order valence-corrected chi connectivity index (χ3v) is 8.45. The van der Waals surface area contributed by atoms with Gasteiger partial charge in [-0.25, -0.2) is 9.37 Å². The highest BCUT2D eigenvalue weighted by molar-refractivity contribution is 7.18. The maximum Gasteiger partial charge on any atom is 0.255 e. The molecule has 1 atom stereocenters. The lowest BCUT2D eigenvalue weighted by molar-refractivity contribution is -0.136. The number of amides is 3. The van der Waals surface area contributed by atoms with Gasteiger partial charge in [0, 0.05) is 41.5 Å². The van der Waals surface area contributed by atoms with E-state index in [1.807, 2.05) is 12.3 Å². The van der Waals surface area contributed by atoms with E-state index in [4.69, 9.17) is 0 Å². The number of likely N-dealkylation sites (tertiary alicyclic amines) is 1. The molecule has 3 aromatic rings. The molecular weight excluding hydrogens is 467 g/mol. The number of rotatable bonds is 4. The van der Waals surface area contributed by atoms with E-state index in [0.29, 0.717) is 12.0 Å². The Labute approximate surface area is 205 Å². The summed E-state index contributed by atoms with van der Waals surface area (Å²) in [7, 11) is 0. The fraction of sp³-hybridized carbons (Fsp3) is 0.385. The van der Waals surface area contributed by atoms with Crippen LogP contribution >= 0.6 is 11.3 Å². The second kappa shape index (κ2) is 8.80. The van der Waals surface area contributed by atoms with Crippen LogP contribution in [0.2, 0.25) is 0 Å². The molecule has 1 aromatic carbocycles. The van der Waals surface area contributed by atoms with Crippen LogP contribution in [0.3, 0.4) is 0 Å². The molecule has 0 bridgehead atoms. The SMILES string of the molecule is O=C1CCC(N2Cc3c(cc(F)cc3C3CCN(Cc4cc5cccnc5s4)CC3)C2=O)C(=O)N1. The highest BCUT2D eigenvalue weighted by Crippen LogP contribution is 2.38. The summed E-state index contributed by atoms with van der Waals surface area (Å²) in [5.41, 5.74) is 2.06. The molecular formula is C26H25FN4O3S. The number of nitrogens with one attached hydrogen (secondary N) is 1. The molecule has 7 nitrogen and oxygen atoms in total. The average molecular weight is 493 g/mol. The largest absolute Gasteiger partial charge is 0.322 e. The summed E-state index contributed by atoms with van der Waals surface area (Å²) < 4.78 is 14.6. The van der Waals surface area contributed by atoms with Crippen molar-refractivity contribution in [1.29, 1.82) is 0 Å². The van der Waals surface area contributed by atoms with Crippen LogP contribution in [0.4, 0.5) is 4.39 Å². The normalized spacial score (nSPS) is 21.6. The molecule has 3 aliphatic heterocycles. The van der Waals surface area contributed by atoms with Crippen molar-refractivity contribution in [1.82, 2.24) is 20.1 Å². The Morgan fingerprint density at radius 2 is 1.94 bits per heavy atom. The third kappa shape index (κ3) is 4.12. The number of pyridine rings is 1. The summed E-state index contributed by atoms with van der Waals surface area (Å²) in [4.78, 5) is 47.7. The number of piperidine rings is 2. The Morgan fingerprint density at radius 1 is 1.11 bits per heavy atom. The van der Waals surface area contributed by atoms with E-state index in [1.165, 1.54) is 21.2 Å². The average Bonchev–Trinajstić information content (AvgIpc) is 3.40. The Bertz CT molecular complexity index is 1310. The van der Waals surface area contributed by atoms with E-state index in [2.05, 4.69) is 27.3 Å². The second-order valence-corrected chi connectivity index (χ2v) is 10.7. The van der Waals surface area contributed by atoms with Crippen LogP contribution in [0, 0.1) is 5.82 Å². The molecule has 0 saturated carbocycles. The van der Waals surface area contributed by atoms with E-state index in [1.54, 1.807) is 17.4 Å². The van der Waals surface area contributed by atoms with Crippen molar-refractivity contribution in [2.75, 3.05) is 13.1 Å². The molecule has 1 unspecified atom stereocenters. The van der Waals surface area contributed by atoms with Crippen LogP contribution in [-0.4, -0.2) is 51.6 Å². The first kappa shape index (κ1) is 22.3. The number of hydrogen-bond donors (Lipinski definition) is 1. The number of benzene rings is 1. The summed E-state index contributed by atoms with van der Waals surface area (Å²) in [6.07, 6.45) is 4.08. The molecule has 35 heavy (non-hydrogen) atoms. The molecule has 180 valence electrons. The number of nitrogens with zero attached hydrogens (tertiary/aromatic N) is 3. The number of halogens is 1. The van der Waals surface area contributed by atoms with Crippen molar-refractivity contribution in [2.45, 2.75) is 50.7 Å². The minimum Gasteiger partial charge on any atom is -0.322 e. The molecule has 3 aliphatic rings. The van der Waals surface area contributed by atoms with E-state index < -0.39 is 17.8 Å². The maximum atomic E-state index is 14.6. The van der Waals surface area contributed by atoms with E-state index in [9.17, 15) is 18.8 Å². The molecule has 0 spiro atoms. The fourth-order valence-electron chi connectivity index (χ4n) is 5.64. The summed E-state index contributed by atoms with van der Waals surface area (Å²) in [5.74, 6) is -1.35. The van der Waals surface area contributed by atoms with Gasteiger partial charge in [-0.05, 0) is 73.7 Å². The number of carbonyl (C=O) groups is 3. The van der Waals surface area contributed by atoms with Gasteiger partial charge in [0.15, 0.2) is 0 Å². The first-order valence-electron chi connectivity index (χ1n) is 12.0. The van der Waals surface area contributed by atoms with Crippen LogP contribution in [0.25, 0.3) is 10.2 Å². The van der Waals surface area contributed by atoms with Gasteiger partial charge in [-0.2, -0.15) is 0 Å².